The lowest BCUT2D eigenvalue weighted by Crippen LogP contribution is -2.27. The molecule has 3 aromatic rings. The van der Waals surface area contributed by atoms with Gasteiger partial charge in [-0.15, -0.1) is 0 Å². The number of aromatic nitrogens is 2. The van der Waals surface area contributed by atoms with E-state index in [0.29, 0.717) is 18.3 Å². The van der Waals surface area contributed by atoms with Gasteiger partial charge in [0.25, 0.3) is 5.91 Å². The first-order valence-electron chi connectivity index (χ1n) is 10.1. The van der Waals surface area contributed by atoms with Crippen LogP contribution in [-0.4, -0.2) is 27.0 Å². The summed E-state index contributed by atoms with van der Waals surface area (Å²) in [6.07, 6.45) is 7.73. The molecule has 0 aliphatic heterocycles. The molecule has 7 heteroatoms. The van der Waals surface area contributed by atoms with E-state index in [9.17, 15) is 4.79 Å². The molecule has 2 aromatic heterocycles. The second-order valence-electron chi connectivity index (χ2n) is 7.41. The van der Waals surface area contributed by atoms with Crippen LogP contribution in [0.5, 0.6) is 5.75 Å². The average Bonchev–Trinajstić information content (AvgIpc) is 3.16. The summed E-state index contributed by atoms with van der Waals surface area (Å²) >= 11 is 0. The minimum atomic E-state index is -0.494. The number of benzene rings is 1. The van der Waals surface area contributed by atoms with Crippen LogP contribution in [0.25, 0.3) is 5.65 Å². The zero-order valence-corrected chi connectivity index (χ0v) is 16.3. The quantitative estimate of drug-likeness (QED) is 0.418. The molecule has 0 radical (unpaired) electrons. The fraction of sp³-hybridized carbons (Fsp3) is 0.364. The van der Waals surface area contributed by atoms with Crippen molar-refractivity contribution in [3.63, 3.8) is 0 Å². The summed E-state index contributed by atoms with van der Waals surface area (Å²) in [4.78, 5) is 16.5. The molecular weight excluding hydrogens is 368 g/mol. The highest BCUT2D eigenvalue weighted by atomic mass is 16.5. The van der Waals surface area contributed by atoms with Crippen molar-refractivity contribution < 1.29 is 14.7 Å². The lowest BCUT2D eigenvalue weighted by atomic mass is 9.87. The maximum Gasteiger partial charge on any atom is 0.262 e. The maximum atomic E-state index is 11.6. The largest absolute Gasteiger partial charge is 0.485 e. The molecule has 0 saturated heterocycles. The molecule has 1 fully saturated rings. The van der Waals surface area contributed by atoms with Crippen LogP contribution in [0, 0.1) is 0 Å². The summed E-state index contributed by atoms with van der Waals surface area (Å²) in [5, 5.41) is 12.0. The van der Waals surface area contributed by atoms with Crippen LogP contribution >= 0.6 is 0 Å². The van der Waals surface area contributed by atoms with Gasteiger partial charge in [-0.2, -0.15) is 0 Å². The Hall–Kier alpha value is -3.06. The van der Waals surface area contributed by atoms with Crippen molar-refractivity contribution in [2.75, 3.05) is 11.9 Å². The zero-order valence-electron chi connectivity index (χ0n) is 16.3. The predicted octanol–water partition coefficient (Wildman–Crippen LogP) is 3.88. The molecule has 152 valence electrons. The molecule has 2 heterocycles. The molecule has 0 atom stereocenters. The first kappa shape index (κ1) is 19.3. The minimum absolute atomic E-state index is 0.0287. The number of hydroxylamine groups is 1. The predicted molar refractivity (Wildman–Crippen MR) is 110 cm³/mol. The van der Waals surface area contributed by atoms with Crippen LogP contribution in [0.1, 0.15) is 49.3 Å². The fourth-order valence-electron chi connectivity index (χ4n) is 3.95. The Labute approximate surface area is 169 Å². The number of nitrogens with zero attached hydrogens (tertiary/aromatic N) is 2. The molecule has 1 aliphatic rings. The zero-order chi connectivity index (χ0) is 20.1. The van der Waals surface area contributed by atoms with E-state index in [1.54, 1.807) is 5.48 Å². The number of hydrogen-bond acceptors (Lipinski definition) is 5. The highest BCUT2D eigenvalue weighted by molar-refractivity contribution is 5.80. The van der Waals surface area contributed by atoms with Gasteiger partial charge in [0, 0.05) is 12.1 Å². The van der Waals surface area contributed by atoms with Crippen molar-refractivity contribution in [2.45, 2.75) is 44.6 Å². The van der Waals surface area contributed by atoms with Crippen LogP contribution in [0.2, 0.25) is 0 Å². The fourth-order valence-corrected chi connectivity index (χ4v) is 3.95. The third kappa shape index (κ3) is 4.35. The first-order valence-corrected chi connectivity index (χ1v) is 10.1. The molecule has 1 aliphatic carbocycles. The van der Waals surface area contributed by atoms with Crippen molar-refractivity contribution >= 4 is 17.4 Å². The molecule has 29 heavy (non-hydrogen) atoms. The Morgan fingerprint density at radius 2 is 1.93 bits per heavy atom. The maximum absolute atomic E-state index is 11.6. The molecule has 7 nitrogen and oxygen atoms in total. The topological polar surface area (TPSA) is 87.9 Å². The van der Waals surface area contributed by atoms with Crippen molar-refractivity contribution in [2.24, 2.45) is 0 Å². The summed E-state index contributed by atoms with van der Waals surface area (Å²) in [5.41, 5.74) is 4.45. The molecule has 1 amide bonds. The van der Waals surface area contributed by atoms with Gasteiger partial charge < -0.3 is 10.1 Å². The Balaban J connectivity index is 1.67. The van der Waals surface area contributed by atoms with Gasteiger partial charge in [0.1, 0.15) is 12.4 Å². The van der Waals surface area contributed by atoms with Gasteiger partial charge in [-0.25, -0.2) is 10.5 Å². The number of anilines is 1. The van der Waals surface area contributed by atoms with E-state index in [2.05, 4.69) is 5.32 Å². The number of carbonyl (C=O) groups is 1. The number of nitrogens with one attached hydrogen (secondary N) is 2. The van der Waals surface area contributed by atoms with E-state index in [0.717, 1.165) is 35.6 Å². The monoisotopic (exact) mass is 394 g/mol. The van der Waals surface area contributed by atoms with E-state index in [-0.39, 0.29) is 6.54 Å². The molecule has 1 aromatic carbocycles. The van der Waals surface area contributed by atoms with Crippen molar-refractivity contribution in [1.82, 2.24) is 14.9 Å². The number of fused-ring (bicyclic) bond motifs is 1. The first-order chi connectivity index (χ1) is 14.3. The van der Waals surface area contributed by atoms with Gasteiger partial charge in [-0.05, 0) is 30.5 Å². The highest BCUT2D eigenvalue weighted by Crippen LogP contribution is 2.38. The van der Waals surface area contributed by atoms with Crippen molar-refractivity contribution in [3.05, 3.63) is 59.9 Å². The van der Waals surface area contributed by atoms with Gasteiger partial charge in [0.05, 0.1) is 12.2 Å². The lowest BCUT2D eigenvalue weighted by Gasteiger charge is -2.21. The molecule has 3 N–H and O–H groups in total. The van der Waals surface area contributed by atoms with Gasteiger partial charge in [0.15, 0.2) is 11.4 Å². The summed E-state index contributed by atoms with van der Waals surface area (Å²) in [6.45, 7) is 0.431. The van der Waals surface area contributed by atoms with Crippen LogP contribution in [0.3, 0.4) is 0 Å². The van der Waals surface area contributed by atoms with E-state index in [4.69, 9.17) is 14.9 Å². The standard InChI is InChI=1S/C22H26N4O3/c27-19(25-28)14-23-22-20(17-10-5-2-6-11-17)24-21-18(12-7-13-26(21)22)29-15-16-8-3-1-4-9-16/h1,3-4,7-9,12-13,17,23,28H,2,5-6,10-11,14-15H2,(H,25,27). The van der Waals surface area contributed by atoms with Crippen LogP contribution in [0.15, 0.2) is 48.7 Å². The smallest absolute Gasteiger partial charge is 0.262 e. The number of hydrogen-bond donors (Lipinski definition) is 3. The van der Waals surface area contributed by atoms with Gasteiger partial charge >= 0.3 is 0 Å². The Morgan fingerprint density at radius 3 is 2.69 bits per heavy atom. The highest BCUT2D eigenvalue weighted by Gasteiger charge is 2.25. The number of imidazole rings is 1. The summed E-state index contributed by atoms with van der Waals surface area (Å²) in [6, 6.07) is 13.8. The van der Waals surface area contributed by atoms with E-state index in [1.807, 2.05) is 53.1 Å². The van der Waals surface area contributed by atoms with Gasteiger partial charge in [-0.1, -0.05) is 49.6 Å². The Bertz CT molecular complexity index is 965. The third-order valence-corrected chi connectivity index (χ3v) is 5.41. The van der Waals surface area contributed by atoms with E-state index < -0.39 is 5.91 Å². The average molecular weight is 394 g/mol. The molecular formula is C22H26N4O3. The second-order valence-corrected chi connectivity index (χ2v) is 7.41. The number of ether oxygens (including phenoxy) is 1. The lowest BCUT2D eigenvalue weighted by molar-refractivity contribution is -0.127. The summed E-state index contributed by atoms with van der Waals surface area (Å²) in [7, 11) is 0. The number of pyridine rings is 1. The molecule has 0 bridgehead atoms. The minimum Gasteiger partial charge on any atom is -0.485 e. The van der Waals surface area contributed by atoms with Crippen molar-refractivity contribution in [3.8, 4) is 5.75 Å². The van der Waals surface area contributed by atoms with Crippen LogP contribution < -0.4 is 15.5 Å². The third-order valence-electron chi connectivity index (χ3n) is 5.41. The Morgan fingerprint density at radius 1 is 1.14 bits per heavy atom. The molecule has 1 saturated carbocycles. The van der Waals surface area contributed by atoms with Crippen molar-refractivity contribution in [1.29, 1.82) is 0 Å². The number of carbonyl (C=O) groups excluding carboxylic acids is 1. The molecule has 0 unspecified atom stereocenters. The SMILES string of the molecule is O=C(CNc1c(C2CCCCC2)nc2c(OCc3ccccc3)cccn12)NO. The number of rotatable bonds is 7. The van der Waals surface area contributed by atoms with E-state index in [1.165, 1.54) is 19.3 Å². The molecule has 0 spiro atoms. The van der Waals surface area contributed by atoms with Gasteiger partial charge in [-0.3, -0.25) is 14.4 Å². The van der Waals surface area contributed by atoms with Gasteiger partial charge in [0.2, 0.25) is 0 Å². The summed E-state index contributed by atoms with van der Waals surface area (Å²) < 4.78 is 8.02. The van der Waals surface area contributed by atoms with E-state index >= 15 is 0 Å². The van der Waals surface area contributed by atoms with Crippen LogP contribution in [-0.2, 0) is 11.4 Å². The summed E-state index contributed by atoms with van der Waals surface area (Å²) in [5.74, 6) is 1.35. The Kier molecular flexibility index (Phi) is 5.95. The normalized spacial score (nSPS) is 14.7. The second kappa shape index (κ2) is 8.96. The number of amides is 1. The molecule has 4 rings (SSSR count). The van der Waals surface area contributed by atoms with Crippen LogP contribution in [0.4, 0.5) is 5.82 Å².